The fraction of sp³-hybridized carbons (Fsp3) is 0.395. The summed E-state index contributed by atoms with van der Waals surface area (Å²) in [6, 6.07) is 17.6. The first-order chi connectivity index (χ1) is 22.1. The molecule has 2 heterocycles. The van der Waals surface area contributed by atoms with Gasteiger partial charge in [0.05, 0.1) is 17.7 Å². The van der Waals surface area contributed by atoms with Gasteiger partial charge in [0.2, 0.25) is 0 Å². The van der Waals surface area contributed by atoms with Gasteiger partial charge in [-0.25, -0.2) is 4.39 Å². The second kappa shape index (κ2) is 16.2. The number of hydrogen-bond donors (Lipinski definition) is 0. The van der Waals surface area contributed by atoms with Crippen LogP contribution in [0.1, 0.15) is 112 Å². The van der Waals surface area contributed by atoms with Crippen LogP contribution in [0.25, 0.3) is 5.52 Å². The lowest BCUT2D eigenvalue weighted by Gasteiger charge is -2.24. The molecule has 2 unspecified atom stereocenters. The van der Waals surface area contributed by atoms with Gasteiger partial charge < -0.3 is 18.6 Å². The molecule has 2 aromatic carbocycles. The van der Waals surface area contributed by atoms with Gasteiger partial charge in [0.25, 0.3) is 0 Å². The van der Waals surface area contributed by atoms with Crippen LogP contribution in [-0.2, 0) is 25.5 Å². The van der Waals surface area contributed by atoms with Crippen LogP contribution >= 0.6 is 0 Å². The first-order valence-corrected chi connectivity index (χ1v) is 16.1. The van der Waals surface area contributed by atoms with Crippen molar-refractivity contribution >= 4 is 23.2 Å². The van der Waals surface area contributed by atoms with Crippen molar-refractivity contribution in [3.8, 4) is 5.75 Å². The van der Waals surface area contributed by atoms with Crippen LogP contribution in [0, 0.1) is 11.7 Å². The van der Waals surface area contributed by atoms with Crippen molar-refractivity contribution < 1.29 is 33.0 Å². The fourth-order valence-corrected chi connectivity index (χ4v) is 5.70. The number of hydrogen-bond acceptors (Lipinski definition) is 6. The van der Waals surface area contributed by atoms with Crippen molar-refractivity contribution in [2.24, 2.45) is 5.92 Å². The summed E-state index contributed by atoms with van der Waals surface area (Å²) in [4.78, 5) is 37.4. The summed E-state index contributed by atoms with van der Waals surface area (Å²) < 4.78 is 34.3. The number of halogens is 1. The SMILES string of the molecule is CCCCC(Oc1ccc(C(=O)c2c(CCCC(=O)OCC)cn3ccccc23)cc1)c1ccc(C(OC(C)=O)C(C)C)cc1F. The van der Waals surface area contributed by atoms with Crippen molar-refractivity contribution in [1.82, 2.24) is 4.40 Å². The smallest absolute Gasteiger partial charge is 0.305 e. The molecule has 4 aromatic rings. The number of aromatic nitrogens is 1. The minimum Gasteiger partial charge on any atom is -0.486 e. The van der Waals surface area contributed by atoms with E-state index in [4.69, 9.17) is 14.2 Å². The maximum absolute atomic E-state index is 15.6. The number of benzene rings is 2. The van der Waals surface area contributed by atoms with E-state index in [1.54, 1.807) is 43.3 Å². The van der Waals surface area contributed by atoms with Crippen LogP contribution in [0.5, 0.6) is 5.75 Å². The van der Waals surface area contributed by atoms with Crippen molar-refractivity contribution in [2.75, 3.05) is 6.61 Å². The van der Waals surface area contributed by atoms with Crippen LogP contribution in [0.3, 0.4) is 0 Å². The number of aryl methyl sites for hydroxylation is 1. The van der Waals surface area contributed by atoms with Crippen LogP contribution in [0.4, 0.5) is 4.39 Å². The van der Waals surface area contributed by atoms with Crippen molar-refractivity contribution in [1.29, 1.82) is 0 Å². The molecule has 2 atom stereocenters. The Bertz CT molecular complexity index is 1640. The summed E-state index contributed by atoms with van der Waals surface area (Å²) in [6.45, 7) is 9.39. The monoisotopic (exact) mass is 629 g/mol. The quantitative estimate of drug-likeness (QED) is 0.0910. The summed E-state index contributed by atoms with van der Waals surface area (Å²) >= 11 is 0. The van der Waals surface area contributed by atoms with Crippen LogP contribution in [-0.4, -0.2) is 28.7 Å². The molecule has 0 fully saturated rings. The summed E-state index contributed by atoms with van der Waals surface area (Å²) in [7, 11) is 0. The number of carbonyl (C=O) groups excluding carboxylic acids is 3. The van der Waals surface area contributed by atoms with E-state index in [1.807, 2.05) is 48.8 Å². The standard InChI is InChI=1S/C38H44FNO6/c1-6-8-14-34(31-21-18-28(23-32(31)39)38(25(3)4)45-26(5)41)46-30-19-16-27(17-20-30)37(43)36-29(12-11-15-35(42)44-7-2)24-40-22-10-9-13-33(36)40/h9-10,13,16-25,34,38H,6-8,11-12,14-15H2,1-5H3. The summed E-state index contributed by atoms with van der Waals surface area (Å²) in [5.74, 6) is -0.692. The Morgan fingerprint density at radius 3 is 2.37 bits per heavy atom. The van der Waals surface area contributed by atoms with E-state index in [9.17, 15) is 14.4 Å². The molecule has 0 saturated carbocycles. The van der Waals surface area contributed by atoms with E-state index in [1.165, 1.54) is 13.0 Å². The topological polar surface area (TPSA) is 83.3 Å². The number of nitrogens with zero attached hydrogens (tertiary/aromatic N) is 1. The lowest BCUT2D eigenvalue weighted by Crippen LogP contribution is -2.16. The van der Waals surface area contributed by atoms with Gasteiger partial charge in [0, 0.05) is 36.9 Å². The predicted octanol–water partition coefficient (Wildman–Crippen LogP) is 8.77. The number of carbonyl (C=O) groups is 3. The average molecular weight is 630 g/mol. The highest BCUT2D eigenvalue weighted by Gasteiger charge is 2.24. The van der Waals surface area contributed by atoms with E-state index in [0.29, 0.717) is 53.9 Å². The van der Waals surface area contributed by atoms with E-state index >= 15 is 4.39 Å². The van der Waals surface area contributed by atoms with E-state index in [0.717, 1.165) is 23.9 Å². The molecule has 0 aliphatic rings. The largest absolute Gasteiger partial charge is 0.486 e. The minimum atomic E-state index is -0.544. The average Bonchev–Trinajstić information content (AvgIpc) is 3.40. The lowest BCUT2D eigenvalue weighted by molar-refractivity contribution is -0.149. The zero-order chi connectivity index (χ0) is 33.2. The first kappa shape index (κ1) is 34.4. The number of unbranched alkanes of at least 4 members (excludes halogenated alkanes) is 1. The van der Waals surface area contributed by atoms with Gasteiger partial charge in [-0.15, -0.1) is 0 Å². The van der Waals surface area contributed by atoms with Crippen molar-refractivity contribution in [2.45, 2.75) is 85.4 Å². The normalized spacial score (nSPS) is 12.6. The third kappa shape index (κ3) is 8.62. The minimum absolute atomic E-state index is 0.0202. The molecule has 8 heteroatoms. The lowest BCUT2D eigenvalue weighted by atomic mass is 9.95. The molecule has 4 rings (SSSR count). The first-order valence-electron chi connectivity index (χ1n) is 16.1. The summed E-state index contributed by atoms with van der Waals surface area (Å²) in [5.41, 5.74) is 3.80. The fourth-order valence-electron chi connectivity index (χ4n) is 5.70. The number of esters is 2. The van der Waals surface area contributed by atoms with Gasteiger partial charge in [0.1, 0.15) is 23.8 Å². The van der Waals surface area contributed by atoms with Gasteiger partial charge in [0.15, 0.2) is 5.78 Å². The Hall–Kier alpha value is -4.46. The highest BCUT2D eigenvalue weighted by atomic mass is 19.1. The molecule has 0 spiro atoms. The molecule has 0 aliphatic carbocycles. The molecule has 7 nitrogen and oxygen atoms in total. The van der Waals surface area contributed by atoms with Crippen LogP contribution < -0.4 is 4.74 Å². The number of ketones is 1. The van der Waals surface area contributed by atoms with E-state index < -0.39 is 24.0 Å². The molecule has 46 heavy (non-hydrogen) atoms. The molecule has 0 amide bonds. The van der Waals surface area contributed by atoms with Gasteiger partial charge in [-0.3, -0.25) is 14.4 Å². The molecule has 2 aromatic heterocycles. The van der Waals surface area contributed by atoms with Crippen LogP contribution in [0.2, 0.25) is 0 Å². The number of fused-ring (bicyclic) bond motifs is 1. The Balaban J connectivity index is 1.55. The molecular weight excluding hydrogens is 585 g/mol. The van der Waals surface area contributed by atoms with Crippen LogP contribution in [0.15, 0.2) is 73.1 Å². The second-order valence-electron chi connectivity index (χ2n) is 11.8. The maximum Gasteiger partial charge on any atom is 0.305 e. The van der Waals surface area contributed by atoms with Gasteiger partial charge in [-0.05, 0) is 92.1 Å². The summed E-state index contributed by atoms with van der Waals surface area (Å²) in [5, 5.41) is 0. The molecular formula is C38H44FNO6. The predicted molar refractivity (Wildman–Crippen MR) is 175 cm³/mol. The highest BCUT2D eigenvalue weighted by molar-refractivity contribution is 6.14. The third-order valence-corrected chi connectivity index (χ3v) is 7.93. The Kier molecular flexibility index (Phi) is 12.1. The number of rotatable bonds is 16. The summed E-state index contributed by atoms with van der Waals surface area (Å²) in [6.07, 6.45) is 6.54. The van der Waals surface area contributed by atoms with Crippen molar-refractivity contribution in [3.63, 3.8) is 0 Å². The number of ether oxygens (including phenoxy) is 3. The second-order valence-corrected chi connectivity index (χ2v) is 11.8. The number of pyridine rings is 1. The zero-order valence-electron chi connectivity index (χ0n) is 27.4. The van der Waals surface area contributed by atoms with E-state index in [2.05, 4.69) is 6.92 Å². The van der Waals surface area contributed by atoms with Gasteiger partial charge in [-0.1, -0.05) is 45.4 Å². The van der Waals surface area contributed by atoms with Gasteiger partial charge >= 0.3 is 11.9 Å². The Morgan fingerprint density at radius 2 is 1.72 bits per heavy atom. The zero-order valence-corrected chi connectivity index (χ0v) is 27.4. The molecule has 244 valence electrons. The third-order valence-electron chi connectivity index (χ3n) is 7.93. The van der Waals surface area contributed by atoms with Crippen molar-refractivity contribution in [3.05, 3.63) is 107 Å². The van der Waals surface area contributed by atoms with Gasteiger partial charge in [-0.2, -0.15) is 0 Å². The Morgan fingerprint density at radius 1 is 0.957 bits per heavy atom. The molecule has 0 aliphatic heterocycles. The maximum atomic E-state index is 15.6. The molecule has 0 bridgehead atoms. The van der Waals surface area contributed by atoms with E-state index in [-0.39, 0.29) is 24.1 Å². The highest BCUT2D eigenvalue weighted by Crippen LogP contribution is 2.33. The molecule has 0 N–H and O–H groups in total. The molecule has 0 radical (unpaired) electrons. The molecule has 0 saturated heterocycles. The Labute approximate surface area is 270 Å².